The molecule has 3 N–H and O–H groups in total. The first kappa shape index (κ1) is 18.0. The molecule has 0 spiro atoms. The van der Waals surface area contributed by atoms with Crippen LogP contribution in [-0.4, -0.2) is 34.7 Å². The molecule has 2 aromatic carbocycles. The minimum absolute atomic E-state index is 0.106. The van der Waals surface area contributed by atoms with E-state index in [2.05, 4.69) is 15.4 Å². The molecule has 1 aliphatic rings. The average molecular weight is 377 g/mol. The molecular formula is C17H19N3O5S. The van der Waals surface area contributed by atoms with Gasteiger partial charge in [0.25, 0.3) is 5.91 Å². The summed E-state index contributed by atoms with van der Waals surface area (Å²) < 4.78 is 37.5. The molecule has 26 heavy (non-hydrogen) atoms. The molecule has 1 heterocycles. The minimum Gasteiger partial charge on any atom is -0.497 e. The average Bonchev–Trinajstić information content (AvgIpc) is 2.60. The number of sulfonamides is 1. The molecule has 0 fully saturated rings. The second-order valence-corrected chi connectivity index (χ2v) is 7.44. The quantitative estimate of drug-likeness (QED) is 0.749. The van der Waals surface area contributed by atoms with Gasteiger partial charge in [-0.1, -0.05) is 6.07 Å². The third kappa shape index (κ3) is 3.44. The zero-order valence-corrected chi connectivity index (χ0v) is 15.3. The maximum absolute atomic E-state index is 12.6. The van der Waals surface area contributed by atoms with Crippen molar-refractivity contribution in [1.29, 1.82) is 0 Å². The molecule has 1 amide bonds. The second-order valence-electron chi connectivity index (χ2n) is 5.75. The van der Waals surface area contributed by atoms with Crippen LogP contribution < -0.4 is 24.8 Å². The molecule has 3 rings (SSSR count). The number of hydrogen-bond acceptors (Lipinski definition) is 6. The summed E-state index contributed by atoms with van der Waals surface area (Å²) in [6.45, 7) is 1.84. The SMILES string of the molecule is COc1ccc(NC(=O)[C@@H]2Nc3cc(C)ccc3S(=O)(=O)N2)c(OC)c1. The zero-order chi connectivity index (χ0) is 18.9. The third-order valence-corrected chi connectivity index (χ3v) is 5.41. The number of aryl methyl sites for hydroxylation is 1. The fraction of sp³-hybridized carbons (Fsp3) is 0.235. The lowest BCUT2D eigenvalue weighted by Crippen LogP contribution is -2.51. The standard InChI is InChI=1S/C17H19N3O5S/c1-10-4-7-15-13(8-10)18-16(20-26(15,22)23)17(21)19-12-6-5-11(24-2)9-14(12)25-3/h4-9,16,18,20H,1-3H3,(H,19,21)/t16-/m1/s1. The van der Waals surface area contributed by atoms with Crippen LogP contribution in [0.15, 0.2) is 41.3 Å². The Bertz CT molecular complexity index is 959. The number of hydrogen-bond donors (Lipinski definition) is 3. The summed E-state index contributed by atoms with van der Waals surface area (Å²) in [5.74, 6) is 0.401. The normalized spacial score (nSPS) is 17.6. The predicted octanol–water partition coefficient (Wildman–Crippen LogP) is 1.68. The Morgan fingerprint density at radius 2 is 1.88 bits per heavy atom. The van der Waals surface area contributed by atoms with Gasteiger partial charge in [0.1, 0.15) is 16.4 Å². The van der Waals surface area contributed by atoms with Crippen LogP contribution in [0.25, 0.3) is 0 Å². The highest BCUT2D eigenvalue weighted by Crippen LogP contribution is 2.30. The van der Waals surface area contributed by atoms with Gasteiger partial charge in [0.2, 0.25) is 10.0 Å². The fourth-order valence-corrected chi connectivity index (χ4v) is 3.88. The molecular weight excluding hydrogens is 358 g/mol. The van der Waals surface area contributed by atoms with Gasteiger partial charge in [-0.15, -0.1) is 0 Å². The summed E-state index contributed by atoms with van der Waals surface area (Å²) in [7, 11) is -0.812. The van der Waals surface area contributed by atoms with Gasteiger partial charge in [-0.05, 0) is 36.8 Å². The Labute approximate surface area is 151 Å². The predicted molar refractivity (Wildman–Crippen MR) is 97.1 cm³/mol. The smallest absolute Gasteiger partial charge is 0.263 e. The molecule has 8 nitrogen and oxygen atoms in total. The summed E-state index contributed by atoms with van der Waals surface area (Å²) in [5, 5.41) is 5.56. The van der Waals surface area contributed by atoms with Gasteiger partial charge in [0.15, 0.2) is 6.17 Å². The first-order valence-corrected chi connectivity index (χ1v) is 9.25. The molecule has 0 unspecified atom stereocenters. The molecule has 1 aliphatic heterocycles. The van der Waals surface area contributed by atoms with Crippen LogP contribution in [0.2, 0.25) is 0 Å². The molecule has 0 bridgehead atoms. The number of fused-ring (bicyclic) bond motifs is 1. The van der Waals surface area contributed by atoms with Crippen LogP contribution >= 0.6 is 0 Å². The lowest BCUT2D eigenvalue weighted by molar-refractivity contribution is -0.117. The van der Waals surface area contributed by atoms with Crippen molar-refractivity contribution in [3.05, 3.63) is 42.0 Å². The minimum atomic E-state index is -3.80. The van der Waals surface area contributed by atoms with Gasteiger partial charge >= 0.3 is 0 Å². The number of amides is 1. The third-order valence-electron chi connectivity index (χ3n) is 3.93. The van der Waals surface area contributed by atoms with Crippen LogP contribution in [0.3, 0.4) is 0 Å². The Morgan fingerprint density at radius 1 is 1.12 bits per heavy atom. The van der Waals surface area contributed by atoms with Gasteiger partial charge in [-0.2, -0.15) is 4.72 Å². The lowest BCUT2D eigenvalue weighted by Gasteiger charge is -2.27. The van der Waals surface area contributed by atoms with Crippen molar-refractivity contribution >= 4 is 27.3 Å². The summed E-state index contributed by atoms with van der Waals surface area (Å²) in [6, 6.07) is 9.78. The molecule has 0 radical (unpaired) electrons. The van der Waals surface area contributed by atoms with Crippen molar-refractivity contribution in [2.75, 3.05) is 24.9 Å². The van der Waals surface area contributed by atoms with Crippen molar-refractivity contribution in [3.8, 4) is 11.5 Å². The first-order valence-electron chi connectivity index (χ1n) is 7.76. The number of anilines is 2. The van der Waals surface area contributed by atoms with E-state index in [1.54, 1.807) is 30.3 Å². The van der Waals surface area contributed by atoms with Gasteiger partial charge in [-0.3, -0.25) is 4.79 Å². The monoisotopic (exact) mass is 377 g/mol. The molecule has 9 heteroatoms. The number of carbonyl (C=O) groups excluding carboxylic acids is 1. The van der Waals surface area contributed by atoms with Crippen LogP contribution in [0, 0.1) is 6.92 Å². The van der Waals surface area contributed by atoms with Crippen molar-refractivity contribution < 1.29 is 22.7 Å². The number of carbonyl (C=O) groups is 1. The van der Waals surface area contributed by atoms with E-state index >= 15 is 0 Å². The Kier molecular flexibility index (Phi) is 4.75. The van der Waals surface area contributed by atoms with Crippen molar-refractivity contribution in [2.24, 2.45) is 0 Å². The van der Waals surface area contributed by atoms with E-state index in [0.717, 1.165) is 5.56 Å². The molecule has 0 aliphatic carbocycles. The van der Waals surface area contributed by atoms with Gasteiger partial charge < -0.3 is 20.1 Å². The van der Waals surface area contributed by atoms with Crippen molar-refractivity contribution in [1.82, 2.24) is 4.72 Å². The number of benzene rings is 2. The van der Waals surface area contributed by atoms with E-state index in [1.807, 2.05) is 6.92 Å². The maximum atomic E-state index is 12.6. The highest BCUT2D eigenvalue weighted by molar-refractivity contribution is 7.89. The highest BCUT2D eigenvalue weighted by Gasteiger charge is 2.33. The van der Waals surface area contributed by atoms with Crippen LogP contribution in [-0.2, 0) is 14.8 Å². The largest absolute Gasteiger partial charge is 0.497 e. The lowest BCUT2D eigenvalue weighted by atomic mass is 10.2. The van der Waals surface area contributed by atoms with Gasteiger partial charge in [0, 0.05) is 6.07 Å². The van der Waals surface area contributed by atoms with E-state index in [1.165, 1.54) is 20.3 Å². The van der Waals surface area contributed by atoms with Crippen LogP contribution in [0.1, 0.15) is 5.56 Å². The van der Waals surface area contributed by atoms with Crippen molar-refractivity contribution in [2.45, 2.75) is 18.0 Å². The molecule has 0 saturated heterocycles. The molecule has 1 atom stereocenters. The van der Waals surface area contributed by atoms with E-state index in [-0.39, 0.29) is 4.90 Å². The van der Waals surface area contributed by atoms with E-state index in [0.29, 0.717) is 22.9 Å². The Hall–Kier alpha value is -2.78. The molecule has 138 valence electrons. The summed E-state index contributed by atoms with van der Waals surface area (Å²) in [4.78, 5) is 12.7. The van der Waals surface area contributed by atoms with E-state index in [4.69, 9.17) is 9.47 Å². The Morgan fingerprint density at radius 3 is 2.58 bits per heavy atom. The number of nitrogens with one attached hydrogen (secondary N) is 3. The van der Waals surface area contributed by atoms with Crippen LogP contribution in [0.4, 0.5) is 11.4 Å². The second kappa shape index (κ2) is 6.85. The summed E-state index contributed by atoms with van der Waals surface area (Å²) in [5.41, 5.74) is 1.66. The topological polar surface area (TPSA) is 106 Å². The fourth-order valence-electron chi connectivity index (χ4n) is 2.62. The molecule has 0 saturated carbocycles. The number of rotatable bonds is 4. The van der Waals surface area contributed by atoms with E-state index in [9.17, 15) is 13.2 Å². The zero-order valence-electron chi connectivity index (χ0n) is 14.5. The maximum Gasteiger partial charge on any atom is 0.263 e. The van der Waals surface area contributed by atoms with E-state index < -0.39 is 22.1 Å². The molecule has 0 aromatic heterocycles. The summed E-state index contributed by atoms with van der Waals surface area (Å²) in [6.07, 6.45) is -1.15. The van der Waals surface area contributed by atoms with Gasteiger partial charge in [-0.25, -0.2) is 8.42 Å². The molecule has 2 aromatic rings. The van der Waals surface area contributed by atoms with Crippen LogP contribution in [0.5, 0.6) is 11.5 Å². The number of methoxy groups -OCH3 is 2. The Balaban J connectivity index is 1.86. The summed E-state index contributed by atoms with van der Waals surface area (Å²) >= 11 is 0. The van der Waals surface area contributed by atoms with Crippen molar-refractivity contribution in [3.63, 3.8) is 0 Å². The van der Waals surface area contributed by atoms with Gasteiger partial charge in [0.05, 0.1) is 25.6 Å². The number of ether oxygens (including phenoxy) is 2. The first-order chi connectivity index (χ1) is 12.3. The highest BCUT2D eigenvalue weighted by atomic mass is 32.2.